The van der Waals surface area contributed by atoms with E-state index in [1.165, 1.54) is 0 Å². The molecule has 0 saturated carbocycles. The second-order valence-corrected chi connectivity index (χ2v) is 3.26. The Labute approximate surface area is 86.9 Å². The molecule has 1 aromatic rings. The Hall–Kier alpha value is -0.573. The highest BCUT2D eigenvalue weighted by Crippen LogP contribution is 2.16. The van der Waals surface area contributed by atoms with Crippen molar-refractivity contribution in [3.63, 3.8) is 0 Å². The molecule has 0 unspecified atom stereocenters. The van der Waals surface area contributed by atoms with E-state index in [1.54, 1.807) is 0 Å². The van der Waals surface area contributed by atoms with Crippen LogP contribution in [0.25, 0.3) is 6.08 Å². The molecule has 1 aromatic carbocycles. The Morgan fingerprint density at radius 1 is 1.38 bits per heavy atom. The molecule has 0 saturated heterocycles. The highest BCUT2D eigenvalue weighted by molar-refractivity contribution is 6.32. The molecule has 0 N–H and O–H groups in total. The van der Waals surface area contributed by atoms with Crippen molar-refractivity contribution < 1.29 is 4.43 Å². The van der Waals surface area contributed by atoms with Crippen LogP contribution < -0.4 is 0 Å². The van der Waals surface area contributed by atoms with E-state index in [4.69, 9.17) is 16.0 Å². The lowest BCUT2D eigenvalue weighted by Gasteiger charge is -1.96. The predicted molar refractivity (Wildman–Crippen MR) is 56.8 cm³/mol. The van der Waals surface area contributed by atoms with Crippen LogP contribution in [-0.2, 0) is 4.43 Å². The maximum absolute atomic E-state index is 5.94. The normalized spacial score (nSPS) is 10.9. The van der Waals surface area contributed by atoms with Gasteiger partial charge in [0, 0.05) is 11.6 Å². The molecule has 3 radical (unpaired) electrons. The van der Waals surface area contributed by atoms with Crippen LogP contribution in [0.15, 0.2) is 30.3 Å². The van der Waals surface area contributed by atoms with Gasteiger partial charge in [-0.05, 0) is 18.1 Å². The Kier molecular flexibility index (Phi) is 4.82. The molecular formula is C10H10ClOSi. The smallest absolute Gasteiger partial charge is 0.246 e. The van der Waals surface area contributed by atoms with Gasteiger partial charge >= 0.3 is 0 Å². The van der Waals surface area contributed by atoms with E-state index in [0.29, 0.717) is 6.61 Å². The van der Waals surface area contributed by atoms with Crippen molar-refractivity contribution in [2.45, 2.75) is 6.42 Å². The molecule has 0 heterocycles. The summed E-state index contributed by atoms with van der Waals surface area (Å²) in [4.78, 5) is 0. The molecule has 0 aromatic heterocycles. The van der Waals surface area contributed by atoms with Gasteiger partial charge in [-0.2, -0.15) is 0 Å². The maximum atomic E-state index is 5.94. The molecule has 1 rings (SSSR count). The minimum absolute atomic E-state index is 0.665. The first-order chi connectivity index (χ1) is 6.34. The third-order valence-corrected chi connectivity index (χ3v) is 2.14. The molecule has 0 amide bonds. The molecule has 0 spiro atoms. The van der Waals surface area contributed by atoms with Gasteiger partial charge in [-0.3, -0.25) is 0 Å². The summed E-state index contributed by atoms with van der Waals surface area (Å²) in [5.41, 5.74) is 1.04. The topological polar surface area (TPSA) is 9.23 Å². The van der Waals surface area contributed by atoms with Gasteiger partial charge in [-0.1, -0.05) is 42.0 Å². The quantitative estimate of drug-likeness (QED) is 0.548. The van der Waals surface area contributed by atoms with E-state index < -0.39 is 0 Å². The van der Waals surface area contributed by atoms with Crippen molar-refractivity contribution >= 4 is 28.2 Å². The van der Waals surface area contributed by atoms with Crippen molar-refractivity contribution in [1.29, 1.82) is 0 Å². The molecule has 67 valence electrons. The molecule has 0 aliphatic rings. The molecule has 3 heteroatoms. The van der Waals surface area contributed by atoms with Crippen LogP contribution in [0.4, 0.5) is 0 Å². The van der Waals surface area contributed by atoms with E-state index in [2.05, 4.69) is 10.5 Å². The minimum Gasteiger partial charge on any atom is -0.418 e. The number of hydrogen-bond acceptors (Lipinski definition) is 1. The number of rotatable bonds is 4. The molecule has 0 fully saturated rings. The summed E-state index contributed by atoms with van der Waals surface area (Å²) in [6, 6.07) is 7.74. The van der Waals surface area contributed by atoms with Crippen molar-refractivity contribution in [3.8, 4) is 0 Å². The van der Waals surface area contributed by atoms with Crippen LogP contribution in [0, 0.1) is 0 Å². The van der Waals surface area contributed by atoms with Crippen molar-refractivity contribution in [2.75, 3.05) is 6.61 Å². The highest BCUT2D eigenvalue weighted by Gasteiger charge is 1.91. The first-order valence-electron chi connectivity index (χ1n) is 4.04. The number of benzene rings is 1. The zero-order valence-electron chi connectivity index (χ0n) is 7.16. The first-order valence-corrected chi connectivity index (χ1v) is 4.83. The summed E-state index contributed by atoms with van der Waals surface area (Å²) in [6.07, 6.45) is 4.89. The average molecular weight is 210 g/mol. The van der Waals surface area contributed by atoms with Gasteiger partial charge in [0.15, 0.2) is 0 Å². The van der Waals surface area contributed by atoms with Gasteiger partial charge < -0.3 is 4.43 Å². The summed E-state index contributed by atoms with van der Waals surface area (Å²) < 4.78 is 4.73. The van der Waals surface area contributed by atoms with E-state index in [9.17, 15) is 0 Å². The monoisotopic (exact) mass is 209 g/mol. The SMILES string of the molecule is [Si]OCCC=Cc1ccccc1Cl. The zero-order valence-corrected chi connectivity index (χ0v) is 8.92. The third-order valence-electron chi connectivity index (χ3n) is 1.59. The fourth-order valence-electron chi connectivity index (χ4n) is 0.948. The van der Waals surface area contributed by atoms with Gasteiger partial charge in [-0.25, -0.2) is 0 Å². The van der Waals surface area contributed by atoms with E-state index in [-0.39, 0.29) is 0 Å². The Balaban J connectivity index is 2.53. The number of hydrogen-bond donors (Lipinski definition) is 0. The fraction of sp³-hybridized carbons (Fsp3) is 0.200. The summed E-state index contributed by atoms with van der Waals surface area (Å²) >= 11 is 5.94. The molecule has 1 nitrogen and oxygen atoms in total. The number of halogens is 1. The summed E-state index contributed by atoms with van der Waals surface area (Å²) in [5, 5.41) is 0.776. The molecule has 13 heavy (non-hydrogen) atoms. The van der Waals surface area contributed by atoms with Crippen LogP contribution in [-0.4, -0.2) is 17.1 Å². The summed E-state index contributed by atoms with van der Waals surface area (Å²) in [6.45, 7) is 0.665. The van der Waals surface area contributed by atoms with Crippen LogP contribution in [0.1, 0.15) is 12.0 Å². The third kappa shape index (κ3) is 3.76. The molecule has 0 aliphatic carbocycles. The minimum atomic E-state index is 0.665. The second kappa shape index (κ2) is 5.97. The molecule has 0 atom stereocenters. The lowest BCUT2D eigenvalue weighted by molar-refractivity contribution is 0.358. The van der Waals surface area contributed by atoms with Crippen molar-refractivity contribution in [3.05, 3.63) is 40.9 Å². The van der Waals surface area contributed by atoms with Gasteiger partial charge in [0.1, 0.15) is 0 Å². The predicted octanol–water partition coefficient (Wildman–Crippen LogP) is 2.84. The average Bonchev–Trinajstić information content (AvgIpc) is 2.15. The Morgan fingerprint density at radius 3 is 2.85 bits per heavy atom. The van der Waals surface area contributed by atoms with Crippen LogP contribution in [0.2, 0.25) is 5.02 Å². The highest BCUT2D eigenvalue weighted by atomic mass is 35.5. The zero-order chi connectivity index (χ0) is 9.52. The lowest BCUT2D eigenvalue weighted by atomic mass is 10.2. The van der Waals surface area contributed by atoms with Crippen LogP contribution in [0.3, 0.4) is 0 Å². The van der Waals surface area contributed by atoms with Gasteiger partial charge in [0.25, 0.3) is 0 Å². The lowest BCUT2D eigenvalue weighted by Crippen LogP contribution is -1.85. The maximum Gasteiger partial charge on any atom is 0.246 e. The standard InChI is InChI=1S/C10H10ClOSi/c11-10-7-2-1-5-9(10)6-3-4-8-12-13/h1-3,5-7H,4,8H2. The largest absolute Gasteiger partial charge is 0.418 e. The van der Waals surface area contributed by atoms with Gasteiger partial charge in [0.2, 0.25) is 10.5 Å². The first kappa shape index (κ1) is 10.5. The Bertz CT molecular complexity index is 286. The molecule has 0 bridgehead atoms. The van der Waals surface area contributed by atoms with E-state index in [0.717, 1.165) is 17.0 Å². The van der Waals surface area contributed by atoms with Crippen LogP contribution in [0.5, 0.6) is 0 Å². The fourth-order valence-corrected chi connectivity index (χ4v) is 1.26. The van der Waals surface area contributed by atoms with Crippen molar-refractivity contribution in [1.82, 2.24) is 0 Å². The van der Waals surface area contributed by atoms with Crippen molar-refractivity contribution in [2.24, 2.45) is 0 Å². The molecule has 0 aliphatic heterocycles. The van der Waals surface area contributed by atoms with E-state index in [1.807, 2.05) is 36.4 Å². The van der Waals surface area contributed by atoms with Gasteiger partial charge in [-0.15, -0.1) is 0 Å². The van der Waals surface area contributed by atoms with Crippen LogP contribution >= 0.6 is 11.6 Å². The van der Waals surface area contributed by atoms with E-state index >= 15 is 0 Å². The summed E-state index contributed by atoms with van der Waals surface area (Å²) in [7, 11) is 2.93. The second-order valence-electron chi connectivity index (χ2n) is 2.56. The molecular weight excluding hydrogens is 200 g/mol. The Morgan fingerprint density at radius 2 is 2.15 bits per heavy atom. The summed E-state index contributed by atoms with van der Waals surface area (Å²) in [5.74, 6) is 0. The van der Waals surface area contributed by atoms with Gasteiger partial charge in [0.05, 0.1) is 0 Å².